The molecule has 0 saturated carbocycles. The maximum absolute atomic E-state index is 13.7. The highest BCUT2D eigenvalue weighted by Gasteiger charge is 2.59. The van der Waals surface area contributed by atoms with Gasteiger partial charge in [-0.1, -0.05) is 12.1 Å². The molecule has 3 aromatic rings. The van der Waals surface area contributed by atoms with E-state index in [4.69, 9.17) is 0 Å². The van der Waals surface area contributed by atoms with Crippen molar-refractivity contribution >= 4 is 34.9 Å². The molecule has 1 amide bonds. The second-order valence-electron chi connectivity index (χ2n) is 10.1. The molecule has 41 heavy (non-hydrogen) atoms. The Hall–Kier alpha value is -4.23. The number of anilines is 5. The molecule has 4 N–H and O–H groups in total. The molecule has 0 unspecified atom stereocenters. The number of halogens is 3. The number of carbonyl (C=O) groups is 1. The molecule has 5 rings (SSSR count). The van der Waals surface area contributed by atoms with Gasteiger partial charge in [0.25, 0.3) is 5.91 Å². The van der Waals surface area contributed by atoms with E-state index in [1.807, 2.05) is 24.3 Å². The maximum atomic E-state index is 13.7. The number of benzene rings is 1. The first kappa shape index (κ1) is 28.3. The zero-order valence-corrected chi connectivity index (χ0v) is 22.5. The van der Waals surface area contributed by atoms with Crippen LogP contribution in [-0.4, -0.2) is 76.8 Å². The van der Waals surface area contributed by atoms with Crippen molar-refractivity contribution in [3.63, 3.8) is 0 Å². The number of hydrogen-bond acceptors (Lipinski definition) is 9. The van der Waals surface area contributed by atoms with Crippen LogP contribution in [-0.2, 0) is 12.0 Å². The highest BCUT2D eigenvalue weighted by atomic mass is 19.4. The number of fused-ring (bicyclic) bond motifs is 1. The lowest BCUT2D eigenvalue weighted by atomic mass is 10.0. The Labute approximate surface area is 235 Å². The minimum atomic E-state index is -4.88. The van der Waals surface area contributed by atoms with Crippen molar-refractivity contribution in [1.29, 1.82) is 0 Å². The van der Waals surface area contributed by atoms with Crippen LogP contribution in [0.4, 0.5) is 42.1 Å². The molecule has 0 bridgehead atoms. The number of aliphatic hydroxyl groups is 1. The van der Waals surface area contributed by atoms with Gasteiger partial charge in [0.2, 0.25) is 11.5 Å². The van der Waals surface area contributed by atoms with E-state index in [1.54, 1.807) is 0 Å². The Morgan fingerprint density at radius 1 is 1.10 bits per heavy atom. The first-order valence-corrected chi connectivity index (χ1v) is 13.2. The van der Waals surface area contributed by atoms with Crippen molar-refractivity contribution < 1.29 is 23.1 Å². The fraction of sp³-hybridized carbons (Fsp3) is 0.357. The van der Waals surface area contributed by atoms with Crippen LogP contribution in [0.15, 0.2) is 55.3 Å². The Kier molecular flexibility index (Phi) is 7.82. The van der Waals surface area contributed by atoms with Crippen molar-refractivity contribution in [2.24, 2.45) is 0 Å². The van der Waals surface area contributed by atoms with E-state index >= 15 is 0 Å². The average molecular weight is 569 g/mol. The van der Waals surface area contributed by atoms with Crippen molar-refractivity contribution in [1.82, 2.24) is 25.2 Å². The number of aryl methyl sites for hydroxylation is 1. The van der Waals surface area contributed by atoms with Crippen LogP contribution in [0, 0.1) is 0 Å². The molecule has 1 fully saturated rings. The number of rotatable bonds is 8. The summed E-state index contributed by atoms with van der Waals surface area (Å²) in [6.45, 7) is 7.63. The minimum absolute atomic E-state index is 0.00715. The Morgan fingerprint density at radius 2 is 1.83 bits per heavy atom. The van der Waals surface area contributed by atoms with Gasteiger partial charge in [-0.15, -0.1) is 6.58 Å². The van der Waals surface area contributed by atoms with Gasteiger partial charge in [-0.25, -0.2) is 9.97 Å². The molecule has 13 heteroatoms. The Morgan fingerprint density at radius 3 is 2.51 bits per heavy atom. The minimum Gasteiger partial charge on any atom is -0.375 e. The van der Waals surface area contributed by atoms with E-state index in [2.05, 4.69) is 54.3 Å². The first-order valence-electron chi connectivity index (χ1n) is 13.2. The Bertz CT molecular complexity index is 1420. The molecular weight excluding hydrogens is 537 g/mol. The van der Waals surface area contributed by atoms with Crippen LogP contribution >= 0.6 is 0 Å². The summed E-state index contributed by atoms with van der Waals surface area (Å²) in [5.41, 5.74) is -1.33. The summed E-state index contributed by atoms with van der Waals surface area (Å²) in [7, 11) is 2.10. The molecule has 2 aromatic heterocycles. The number of piperazine rings is 1. The van der Waals surface area contributed by atoms with E-state index in [0.29, 0.717) is 11.3 Å². The third kappa shape index (κ3) is 5.95. The van der Waals surface area contributed by atoms with Gasteiger partial charge < -0.3 is 30.9 Å². The molecule has 1 aliphatic carbocycles. The average Bonchev–Trinajstić information content (AvgIpc) is 3.30. The van der Waals surface area contributed by atoms with Crippen LogP contribution in [0.3, 0.4) is 0 Å². The number of likely N-dealkylation sites (N-methyl/N-ethyl adjacent to an activating group) is 1. The lowest BCUT2D eigenvalue weighted by Crippen LogP contribution is -2.44. The maximum Gasteiger partial charge on any atom is 0.423 e. The predicted octanol–water partition coefficient (Wildman–Crippen LogP) is 3.72. The van der Waals surface area contributed by atoms with Crippen LogP contribution < -0.4 is 20.9 Å². The van der Waals surface area contributed by atoms with Gasteiger partial charge >= 0.3 is 6.18 Å². The highest BCUT2D eigenvalue weighted by Crippen LogP contribution is 2.47. The molecule has 0 radical (unpaired) electrons. The van der Waals surface area contributed by atoms with Gasteiger partial charge in [-0.05, 0) is 55.8 Å². The fourth-order valence-corrected chi connectivity index (χ4v) is 4.86. The molecule has 3 heterocycles. The molecule has 1 aliphatic heterocycles. The number of nitrogens with zero attached hydrogens (tertiary/aromatic N) is 5. The van der Waals surface area contributed by atoms with Crippen molar-refractivity contribution in [2.45, 2.75) is 24.6 Å². The van der Waals surface area contributed by atoms with Crippen LogP contribution in [0.5, 0.6) is 0 Å². The van der Waals surface area contributed by atoms with Crippen LogP contribution in [0.1, 0.15) is 28.0 Å². The molecule has 0 spiro atoms. The largest absolute Gasteiger partial charge is 0.423 e. The molecule has 1 aromatic carbocycles. The van der Waals surface area contributed by atoms with Gasteiger partial charge in [0, 0.05) is 50.3 Å². The number of aromatic nitrogens is 3. The predicted molar refractivity (Wildman–Crippen MR) is 150 cm³/mol. The third-order valence-corrected chi connectivity index (χ3v) is 7.27. The molecule has 10 nitrogen and oxygen atoms in total. The number of carbonyl (C=O) groups excluding carboxylic acids is 1. The van der Waals surface area contributed by atoms with E-state index in [0.717, 1.165) is 31.9 Å². The number of amides is 1. The van der Waals surface area contributed by atoms with Crippen LogP contribution in [0.25, 0.3) is 0 Å². The van der Waals surface area contributed by atoms with Gasteiger partial charge in [0.05, 0.1) is 5.69 Å². The second kappa shape index (κ2) is 11.3. The van der Waals surface area contributed by atoms with Crippen molar-refractivity contribution in [3.05, 3.63) is 72.1 Å². The van der Waals surface area contributed by atoms with Gasteiger partial charge in [-0.2, -0.15) is 18.2 Å². The normalized spacial score (nSPS) is 19.0. The van der Waals surface area contributed by atoms with Gasteiger partial charge in [-0.3, -0.25) is 4.79 Å². The van der Waals surface area contributed by atoms with E-state index in [9.17, 15) is 23.1 Å². The SMILES string of the molecule is C=CCNC(=O)c1cnc(Nc2ccc(N3CCN(C)CC3)cc2)nc1Nc1ccc2c(n1)[C@](O)(C(F)(F)F)CC2. The summed E-state index contributed by atoms with van der Waals surface area (Å²) >= 11 is 0. The number of hydrogen-bond donors (Lipinski definition) is 4. The summed E-state index contributed by atoms with van der Waals surface area (Å²) in [6.07, 6.45) is -2.52. The summed E-state index contributed by atoms with van der Waals surface area (Å²) in [6, 6.07) is 10.8. The first-order chi connectivity index (χ1) is 19.6. The van der Waals surface area contributed by atoms with E-state index < -0.39 is 29.8 Å². The van der Waals surface area contributed by atoms with Crippen LogP contribution in [0.2, 0.25) is 0 Å². The monoisotopic (exact) mass is 568 g/mol. The fourth-order valence-electron chi connectivity index (χ4n) is 4.86. The van der Waals surface area contributed by atoms with E-state index in [-0.39, 0.29) is 36.1 Å². The van der Waals surface area contributed by atoms with E-state index in [1.165, 1.54) is 24.4 Å². The quantitative estimate of drug-likeness (QED) is 0.302. The molecule has 1 atom stereocenters. The zero-order chi connectivity index (χ0) is 29.2. The smallest absolute Gasteiger partial charge is 0.375 e. The lowest BCUT2D eigenvalue weighted by Gasteiger charge is -2.34. The number of nitrogens with one attached hydrogen (secondary N) is 3. The number of alkyl halides is 3. The van der Waals surface area contributed by atoms with Gasteiger partial charge in [0.1, 0.15) is 17.2 Å². The topological polar surface area (TPSA) is 119 Å². The lowest BCUT2D eigenvalue weighted by molar-refractivity contribution is -0.266. The standard InChI is InChI=1S/C28H31F3N8O2/c1-3-12-32-25(40)21-17-33-26(34-19-5-7-20(8-6-19)39-15-13-38(2)14-16-39)37-24(21)36-22-9-4-18-10-11-27(41,23(18)35-22)28(29,30)31/h3-9,17,41H,1,10-16H2,2H3,(H,32,40)(H2,33,34,35,36,37)/t27-/m0/s1. The number of pyridine rings is 1. The zero-order valence-electron chi connectivity index (χ0n) is 22.5. The summed E-state index contributed by atoms with van der Waals surface area (Å²) in [5.74, 6) is -0.331. The molecule has 1 saturated heterocycles. The third-order valence-electron chi connectivity index (χ3n) is 7.27. The van der Waals surface area contributed by atoms with Crippen molar-refractivity contribution in [3.8, 4) is 0 Å². The summed E-state index contributed by atoms with van der Waals surface area (Å²) < 4.78 is 41.0. The Balaban J connectivity index is 1.40. The van der Waals surface area contributed by atoms with Crippen molar-refractivity contribution in [2.75, 3.05) is 55.3 Å². The second-order valence-corrected chi connectivity index (χ2v) is 10.1. The highest BCUT2D eigenvalue weighted by molar-refractivity contribution is 5.99. The summed E-state index contributed by atoms with van der Waals surface area (Å²) in [5, 5.41) is 19.0. The molecular formula is C28H31F3N8O2. The molecule has 2 aliphatic rings. The summed E-state index contributed by atoms with van der Waals surface area (Å²) in [4.78, 5) is 30.2. The molecule has 216 valence electrons. The van der Waals surface area contributed by atoms with Gasteiger partial charge in [0.15, 0.2) is 0 Å².